The van der Waals surface area contributed by atoms with Crippen LogP contribution >= 0.6 is 27.5 Å². The van der Waals surface area contributed by atoms with Gasteiger partial charge in [0.1, 0.15) is 5.75 Å². The highest BCUT2D eigenvalue weighted by Gasteiger charge is 2.26. The minimum atomic E-state index is 0.203. The zero-order valence-corrected chi connectivity index (χ0v) is 13.1. The summed E-state index contributed by atoms with van der Waals surface area (Å²) < 4.78 is 5.87. The topological polar surface area (TPSA) is 9.23 Å². The molecule has 1 nitrogen and oxygen atoms in total. The van der Waals surface area contributed by atoms with Crippen molar-refractivity contribution < 1.29 is 4.74 Å². The highest BCUT2D eigenvalue weighted by molar-refractivity contribution is 9.09. The molecule has 0 saturated heterocycles. The van der Waals surface area contributed by atoms with Gasteiger partial charge in [0.15, 0.2) is 0 Å². The van der Waals surface area contributed by atoms with Gasteiger partial charge in [0.25, 0.3) is 0 Å². The molecule has 0 spiro atoms. The van der Waals surface area contributed by atoms with Crippen LogP contribution in [-0.4, -0.2) is 11.9 Å². The van der Waals surface area contributed by atoms with Crippen LogP contribution in [0.4, 0.5) is 0 Å². The van der Waals surface area contributed by atoms with Crippen molar-refractivity contribution in [2.75, 3.05) is 11.9 Å². The maximum absolute atomic E-state index is 6.15. The average Bonchev–Trinajstić information content (AvgIpc) is 2.33. The molecule has 0 radical (unpaired) electrons. The van der Waals surface area contributed by atoms with E-state index in [0.29, 0.717) is 11.6 Å². The van der Waals surface area contributed by atoms with Crippen LogP contribution in [0.1, 0.15) is 32.3 Å². The Morgan fingerprint density at radius 1 is 1.29 bits per heavy atom. The second-order valence-electron chi connectivity index (χ2n) is 4.56. The Morgan fingerprint density at radius 2 is 1.94 bits per heavy atom. The van der Waals surface area contributed by atoms with Gasteiger partial charge in [-0.2, -0.15) is 0 Å². The molecule has 0 amide bonds. The van der Waals surface area contributed by atoms with E-state index in [1.54, 1.807) is 0 Å². The lowest BCUT2D eigenvalue weighted by Gasteiger charge is -2.29. The quantitative estimate of drug-likeness (QED) is 0.652. The minimum Gasteiger partial charge on any atom is -0.491 e. The van der Waals surface area contributed by atoms with Gasteiger partial charge in [-0.1, -0.05) is 47.4 Å². The molecule has 0 saturated carbocycles. The molecule has 96 valence electrons. The summed E-state index contributed by atoms with van der Waals surface area (Å²) in [6, 6.07) is 5.90. The maximum atomic E-state index is 6.15. The van der Waals surface area contributed by atoms with Crippen molar-refractivity contribution >= 4 is 27.5 Å². The number of rotatable bonds is 6. The second kappa shape index (κ2) is 6.65. The molecular formula is C14H20BrClO. The fraction of sp³-hybridized carbons (Fsp3) is 0.571. The number of aryl methyl sites for hydroxylation is 1. The number of benzene rings is 1. The van der Waals surface area contributed by atoms with Crippen molar-refractivity contribution in [2.45, 2.75) is 33.6 Å². The van der Waals surface area contributed by atoms with Crippen LogP contribution in [0.25, 0.3) is 0 Å². The predicted octanol–water partition coefficient (Wildman–Crippen LogP) is 5.23. The molecule has 0 atom stereocenters. The summed E-state index contributed by atoms with van der Waals surface area (Å²) in [7, 11) is 0. The zero-order chi connectivity index (χ0) is 12.9. The molecule has 0 heterocycles. The van der Waals surface area contributed by atoms with Crippen molar-refractivity contribution in [3.63, 3.8) is 0 Å². The Kier molecular flexibility index (Phi) is 5.81. The van der Waals surface area contributed by atoms with Gasteiger partial charge in [0.05, 0.1) is 11.6 Å². The number of hydrogen-bond acceptors (Lipinski definition) is 1. The van der Waals surface area contributed by atoms with Crippen LogP contribution in [0.3, 0.4) is 0 Å². The Balaban J connectivity index is 2.72. The third kappa shape index (κ3) is 3.89. The van der Waals surface area contributed by atoms with Crippen molar-refractivity contribution in [1.29, 1.82) is 0 Å². The van der Waals surface area contributed by atoms with E-state index in [4.69, 9.17) is 16.3 Å². The summed E-state index contributed by atoms with van der Waals surface area (Å²) >= 11 is 9.74. The fourth-order valence-corrected chi connectivity index (χ4v) is 2.88. The molecule has 1 aromatic carbocycles. The van der Waals surface area contributed by atoms with Gasteiger partial charge in [-0.25, -0.2) is 0 Å². The van der Waals surface area contributed by atoms with E-state index in [1.807, 2.05) is 25.1 Å². The standard InChI is InChI=1S/C14H20BrClO/c1-4-14(5-2,9-15)10-17-13-7-6-11(3)8-12(13)16/h6-8H,4-5,9-10H2,1-3H3. The van der Waals surface area contributed by atoms with Gasteiger partial charge >= 0.3 is 0 Å². The lowest BCUT2D eigenvalue weighted by molar-refractivity contribution is 0.158. The Labute approximate surface area is 118 Å². The summed E-state index contributed by atoms with van der Waals surface area (Å²) in [5.74, 6) is 0.782. The fourth-order valence-electron chi connectivity index (χ4n) is 1.64. The van der Waals surface area contributed by atoms with Crippen molar-refractivity contribution in [2.24, 2.45) is 5.41 Å². The monoisotopic (exact) mass is 318 g/mol. The molecule has 0 aliphatic rings. The molecule has 0 aromatic heterocycles. The van der Waals surface area contributed by atoms with Crippen molar-refractivity contribution in [1.82, 2.24) is 0 Å². The van der Waals surface area contributed by atoms with Gasteiger partial charge in [0, 0.05) is 10.7 Å². The summed E-state index contributed by atoms with van der Waals surface area (Å²) in [5, 5.41) is 1.65. The van der Waals surface area contributed by atoms with E-state index in [9.17, 15) is 0 Å². The van der Waals surface area contributed by atoms with Crippen molar-refractivity contribution in [3.05, 3.63) is 28.8 Å². The molecule has 0 N–H and O–H groups in total. The van der Waals surface area contributed by atoms with E-state index in [0.717, 1.165) is 29.5 Å². The summed E-state index contributed by atoms with van der Waals surface area (Å²) in [6.45, 7) is 7.13. The third-order valence-electron chi connectivity index (χ3n) is 3.40. The second-order valence-corrected chi connectivity index (χ2v) is 5.53. The SMILES string of the molecule is CCC(CC)(CBr)COc1ccc(C)cc1Cl. The van der Waals surface area contributed by atoms with Crippen LogP contribution in [0.2, 0.25) is 5.02 Å². The van der Waals surface area contributed by atoms with Crippen LogP contribution in [0.5, 0.6) is 5.75 Å². The van der Waals surface area contributed by atoms with Crippen molar-refractivity contribution in [3.8, 4) is 5.75 Å². The first-order chi connectivity index (χ1) is 8.06. The van der Waals surface area contributed by atoms with Crippen LogP contribution in [0, 0.1) is 12.3 Å². The highest BCUT2D eigenvalue weighted by Crippen LogP contribution is 2.32. The van der Waals surface area contributed by atoms with E-state index in [-0.39, 0.29) is 5.41 Å². The summed E-state index contributed by atoms with van der Waals surface area (Å²) in [4.78, 5) is 0. The Hall–Kier alpha value is -0.210. The summed E-state index contributed by atoms with van der Waals surface area (Å²) in [5.41, 5.74) is 1.36. The van der Waals surface area contributed by atoms with Crippen LogP contribution in [0.15, 0.2) is 18.2 Å². The summed E-state index contributed by atoms with van der Waals surface area (Å²) in [6.07, 6.45) is 2.19. The number of hydrogen-bond donors (Lipinski definition) is 0. The first-order valence-corrected chi connectivity index (χ1v) is 7.51. The first-order valence-electron chi connectivity index (χ1n) is 6.02. The molecule has 1 aromatic rings. The first kappa shape index (κ1) is 14.8. The largest absolute Gasteiger partial charge is 0.491 e. The third-order valence-corrected chi connectivity index (χ3v) is 4.89. The molecule has 1 rings (SSSR count). The molecule has 17 heavy (non-hydrogen) atoms. The zero-order valence-electron chi connectivity index (χ0n) is 10.7. The highest BCUT2D eigenvalue weighted by atomic mass is 79.9. The number of alkyl halides is 1. The molecule has 0 fully saturated rings. The minimum absolute atomic E-state index is 0.203. The maximum Gasteiger partial charge on any atom is 0.137 e. The molecular weight excluding hydrogens is 300 g/mol. The van der Waals surface area contributed by atoms with Gasteiger partial charge in [0.2, 0.25) is 0 Å². The Morgan fingerprint density at radius 3 is 2.41 bits per heavy atom. The normalized spacial score (nSPS) is 11.6. The number of ether oxygens (including phenoxy) is 1. The smallest absolute Gasteiger partial charge is 0.137 e. The van der Waals surface area contributed by atoms with Gasteiger partial charge in [-0.3, -0.25) is 0 Å². The predicted molar refractivity (Wildman–Crippen MR) is 78.5 cm³/mol. The van der Waals surface area contributed by atoms with Gasteiger partial charge < -0.3 is 4.74 Å². The van der Waals surface area contributed by atoms with Gasteiger partial charge in [-0.15, -0.1) is 0 Å². The lowest BCUT2D eigenvalue weighted by Crippen LogP contribution is -2.29. The molecule has 3 heteroatoms. The lowest BCUT2D eigenvalue weighted by atomic mass is 9.86. The molecule has 0 unspecified atom stereocenters. The van der Waals surface area contributed by atoms with Crippen LogP contribution in [-0.2, 0) is 0 Å². The van der Waals surface area contributed by atoms with E-state index < -0.39 is 0 Å². The van der Waals surface area contributed by atoms with E-state index in [1.165, 1.54) is 0 Å². The van der Waals surface area contributed by atoms with E-state index in [2.05, 4.69) is 29.8 Å². The van der Waals surface area contributed by atoms with Gasteiger partial charge in [-0.05, 0) is 37.5 Å². The number of halogens is 2. The average molecular weight is 320 g/mol. The van der Waals surface area contributed by atoms with E-state index >= 15 is 0 Å². The van der Waals surface area contributed by atoms with Crippen LogP contribution < -0.4 is 4.74 Å². The molecule has 0 bridgehead atoms. The molecule has 0 aliphatic carbocycles. The molecule has 0 aliphatic heterocycles. The Bertz CT molecular complexity index is 353.